The fraction of sp³-hybridized carbons (Fsp3) is 0.357. The first-order chi connectivity index (χ1) is 10.1. The lowest BCUT2D eigenvalue weighted by atomic mass is 10.2. The van der Waals surface area contributed by atoms with Crippen molar-refractivity contribution in [2.45, 2.75) is 13.0 Å². The van der Waals surface area contributed by atoms with E-state index in [0.29, 0.717) is 25.5 Å². The Morgan fingerprint density at radius 3 is 2.71 bits per heavy atom. The van der Waals surface area contributed by atoms with E-state index in [4.69, 9.17) is 5.73 Å². The summed E-state index contributed by atoms with van der Waals surface area (Å²) in [5.74, 6) is 0.389. The summed E-state index contributed by atoms with van der Waals surface area (Å²) in [5.41, 5.74) is 6.66. The van der Waals surface area contributed by atoms with E-state index in [1.165, 1.54) is 10.9 Å². The molecule has 0 amide bonds. The Balaban J connectivity index is 2.29. The number of aryl methyl sites for hydroxylation is 1. The standard InChI is InChI=1S/C14H19N5O2/c1-17-11-13(19(20)21)14(16-17)18(9-5-8-15)10-12-6-3-2-4-7-12/h2-4,6-7,11H,5,8-10,15H2,1H3. The monoisotopic (exact) mass is 289 g/mol. The molecule has 2 N–H and O–H groups in total. The zero-order chi connectivity index (χ0) is 15.2. The fourth-order valence-electron chi connectivity index (χ4n) is 2.16. The van der Waals surface area contributed by atoms with Crippen LogP contribution in [0, 0.1) is 10.1 Å². The van der Waals surface area contributed by atoms with E-state index in [0.717, 1.165) is 12.0 Å². The van der Waals surface area contributed by atoms with Crippen LogP contribution in [0.5, 0.6) is 0 Å². The first kappa shape index (κ1) is 15.0. The molecule has 2 rings (SSSR count). The molecule has 0 radical (unpaired) electrons. The Morgan fingerprint density at radius 2 is 2.10 bits per heavy atom. The Bertz CT molecular complexity index is 597. The molecule has 0 saturated carbocycles. The van der Waals surface area contributed by atoms with E-state index in [-0.39, 0.29) is 5.69 Å². The zero-order valence-electron chi connectivity index (χ0n) is 12.0. The maximum atomic E-state index is 11.2. The van der Waals surface area contributed by atoms with E-state index in [1.807, 2.05) is 35.2 Å². The summed E-state index contributed by atoms with van der Waals surface area (Å²) < 4.78 is 1.47. The second-order valence-corrected chi connectivity index (χ2v) is 4.82. The maximum absolute atomic E-state index is 11.2. The highest BCUT2D eigenvalue weighted by Crippen LogP contribution is 2.27. The van der Waals surface area contributed by atoms with Crippen LogP contribution in [0.1, 0.15) is 12.0 Å². The van der Waals surface area contributed by atoms with Crippen LogP contribution in [0.3, 0.4) is 0 Å². The highest BCUT2D eigenvalue weighted by atomic mass is 16.6. The van der Waals surface area contributed by atoms with Crippen LogP contribution >= 0.6 is 0 Å². The van der Waals surface area contributed by atoms with Crippen LogP contribution < -0.4 is 10.6 Å². The van der Waals surface area contributed by atoms with Gasteiger partial charge in [-0.1, -0.05) is 30.3 Å². The van der Waals surface area contributed by atoms with E-state index in [1.54, 1.807) is 7.05 Å². The number of nitrogens with zero attached hydrogens (tertiary/aromatic N) is 4. The summed E-state index contributed by atoms with van der Waals surface area (Å²) in [5, 5.41) is 15.4. The van der Waals surface area contributed by atoms with Crippen molar-refractivity contribution in [3.63, 3.8) is 0 Å². The van der Waals surface area contributed by atoms with Crippen molar-refractivity contribution in [3.05, 3.63) is 52.2 Å². The Labute approximate surface area is 123 Å². The van der Waals surface area contributed by atoms with Crippen molar-refractivity contribution in [1.29, 1.82) is 0 Å². The largest absolute Gasteiger partial charge is 0.345 e. The zero-order valence-corrected chi connectivity index (χ0v) is 12.0. The van der Waals surface area contributed by atoms with E-state index >= 15 is 0 Å². The van der Waals surface area contributed by atoms with Crippen LogP contribution in [0.2, 0.25) is 0 Å². The average molecular weight is 289 g/mol. The molecule has 0 saturated heterocycles. The van der Waals surface area contributed by atoms with Crippen LogP contribution in [0.15, 0.2) is 36.5 Å². The van der Waals surface area contributed by atoms with Gasteiger partial charge in [-0.2, -0.15) is 0 Å². The molecule has 21 heavy (non-hydrogen) atoms. The molecule has 1 aromatic heterocycles. The van der Waals surface area contributed by atoms with E-state index < -0.39 is 4.92 Å². The second kappa shape index (κ2) is 6.85. The van der Waals surface area contributed by atoms with Crippen LogP contribution in [-0.2, 0) is 13.6 Å². The van der Waals surface area contributed by atoms with Crippen LogP contribution in [-0.4, -0.2) is 27.8 Å². The smallest absolute Gasteiger partial charge is 0.330 e. The number of nitrogens with two attached hydrogens (primary N) is 1. The van der Waals surface area contributed by atoms with Crippen molar-refractivity contribution in [2.24, 2.45) is 12.8 Å². The number of hydrogen-bond acceptors (Lipinski definition) is 5. The molecule has 0 aliphatic heterocycles. The minimum atomic E-state index is -0.400. The molecule has 1 heterocycles. The number of anilines is 1. The van der Waals surface area contributed by atoms with Gasteiger partial charge in [0.2, 0.25) is 5.82 Å². The van der Waals surface area contributed by atoms with Gasteiger partial charge in [-0.05, 0) is 18.5 Å². The normalized spacial score (nSPS) is 10.6. The molecular formula is C14H19N5O2. The van der Waals surface area contributed by atoms with Crippen molar-refractivity contribution >= 4 is 11.5 Å². The predicted molar refractivity (Wildman–Crippen MR) is 81.0 cm³/mol. The quantitative estimate of drug-likeness (QED) is 0.618. The van der Waals surface area contributed by atoms with E-state index in [9.17, 15) is 10.1 Å². The molecule has 1 aromatic carbocycles. The van der Waals surface area contributed by atoms with Gasteiger partial charge in [-0.25, -0.2) is 0 Å². The molecule has 7 nitrogen and oxygen atoms in total. The summed E-state index contributed by atoms with van der Waals surface area (Å²) in [4.78, 5) is 12.7. The first-order valence-corrected chi connectivity index (χ1v) is 6.78. The number of aromatic nitrogens is 2. The second-order valence-electron chi connectivity index (χ2n) is 4.82. The third-order valence-electron chi connectivity index (χ3n) is 3.14. The lowest BCUT2D eigenvalue weighted by molar-refractivity contribution is -0.384. The van der Waals surface area contributed by atoms with Crippen molar-refractivity contribution < 1.29 is 4.92 Å². The van der Waals surface area contributed by atoms with Gasteiger partial charge in [0.1, 0.15) is 6.20 Å². The van der Waals surface area contributed by atoms with Gasteiger partial charge in [0, 0.05) is 20.1 Å². The number of nitro groups is 1. The minimum Gasteiger partial charge on any atom is -0.345 e. The molecule has 0 atom stereocenters. The van der Waals surface area contributed by atoms with Gasteiger partial charge in [-0.3, -0.25) is 14.8 Å². The SMILES string of the molecule is Cn1cc([N+](=O)[O-])c(N(CCCN)Cc2ccccc2)n1. The van der Waals surface area contributed by atoms with Gasteiger partial charge in [-0.15, -0.1) is 5.10 Å². The maximum Gasteiger partial charge on any atom is 0.330 e. The molecule has 0 spiro atoms. The van der Waals surface area contributed by atoms with Crippen molar-refractivity contribution in [2.75, 3.05) is 18.0 Å². The molecule has 112 valence electrons. The van der Waals surface area contributed by atoms with Crippen molar-refractivity contribution in [3.8, 4) is 0 Å². The minimum absolute atomic E-state index is 0.0189. The number of hydrogen-bond donors (Lipinski definition) is 1. The summed E-state index contributed by atoms with van der Waals surface area (Å²) in [7, 11) is 1.68. The molecule has 0 bridgehead atoms. The van der Waals surface area contributed by atoms with Gasteiger partial charge in [0.05, 0.1) is 4.92 Å². The molecule has 0 aliphatic carbocycles. The lowest BCUT2D eigenvalue weighted by Crippen LogP contribution is -2.26. The summed E-state index contributed by atoms with van der Waals surface area (Å²) >= 11 is 0. The van der Waals surface area contributed by atoms with Crippen molar-refractivity contribution in [1.82, 2.24) is 9.78 Å². The summed E-state index contributed by atoms with van der Waals surface area (Å²) in [6.45, 7) is 1.73. The van der Waals surface area contributed by atoms with Gasteiger partial charge < -0.3 is 10.6 Å². The number of rotatable bonds is 7. The Morgan fingerprint density at radius 1 is 1.38 bits per heavy atom. The lowest BCUT2D eigenvalue weighted by Gasteiger charge is -2.21. The van der Waals surface area contributed by atoms with Crippen LogP contribution in [0.25, 0.3) is 0 Å². The molecule has 7 heteroatoms. The molecular weight excluding hydrogens is 270 g/mol. The van der Waals surface area contributed by atoms with Gasteiger partial charge >= 0.3 is 5.69 Å². The highest BCUT2D eigenvalue weighted by Gasteiger charge is 2.23. The molecule has 2 aromatic rings. The van der Waals surface area contributed by atoms with E-state index in [2.05, 4.69) is 5.10 Å². The average Bonchev–Trinajstić information content (AvgIpc) is 2.87. The molecule has 0 aliphatic rings. The van der Waals surface area contributed by atoms with Crippen LogP contribution in [0.4, 0.5) is 11.5 Å². The Kier molecular flexibility index (Phi) is 4.89. The fourth-order valence-corrected chi connectivity index (χ4v) is 2.16. The molecule has 0 unspecified atom stereocenters. The van der Waals surface area contributed by atoms with Gasteiger partial charge in [0.25, 0.3) is 0 Å². The predicted octanol–water partition coefficient (Wildman–Crippen LogP) is 1.68. The molecule has 0 fully saturated rings. The summed E-state index contributed by atoms with van der Waals surface area (Å²) in [6, 6.07) is 9.82. The first-order valence-electron chi connectivity index (χ1n) is 6.78. The highest BCUT2D eigenvalue weighted by molar-refractivity contribution is 5.57. The number of benzene rings is 1. The summed E-state index contributed by atoms with van der Waals surface area (Å²) in [6.07, 6.45) is 2.18. The Hall–Kier alpha value is -2.41. The third-order valence-corrected chi connectivity index (χ3v) is 3.14. The third kappa shape index (κ3) is 3.79. The van der Waals surface area contributed by atoms with Gasteiger partial charge in [0.15, 0.2) is 0 Å². The topological polar surface area (TPSA) is 90.2 Å².